The normalized spacial score (nSPS) is 10.7. The molecule has 0 unspecified atom stereocenters. The first-order valence-corrected chi connectivity index (χ1v) is 9.29. The van der Waals surface area contributed by atoms with Gasteiger partial charge < -0.3 is 15.8 Å². The van der Waals surface area contributed by atoms with E-state index in [4.69, 9.17) is 45.3 Å². The van der Waals surface area contributed by atoms with Gasteiger partial charge in [0.05, 0.1) is 15.7 Å². The van der Waals surface area contributed by atoms with Gasteiger partial charge in [0, 0.05) is 12.2 Å². The third kappa shape index (κ3) is 4.95. The molecule has 0 aliphatic rings. The summed E-state index contributed by atoms with van der Waals surface area (Å²) < 4.78 is 5.78. The van der Waals surface area contributed by atoms with Crippen molar-refractivity contribution in [1.82, 2.24) is 9.97 Å². The number of anilines is 2. The van der Waals surface area contributed by atoms with Crippen molar-refractivity contribution in [2.24, 2.45) is 0 Å². The molecule has 0 aliphatic heterocycles. The SMILES string of the molecule is Cc1ncnc(NCCc2ccc(Oc3c(Cl)cc(N)cc3Cl)cc2)c1Cl. The van der Waals surface area contributed by atoms with Gasteiger partial charge in [-0.05, 0) is 43.2 Å². The highest BCUT2D eigenvalue weighted by atomic mass is 35.5. The summed E-state index contributed by atoms with van der Waals surface area (Å²) in [7, 11) is 0. The van der Waals surface area contributed by atoms with Gasteiger partial charge in [-0.1, -0.05) is 46.9 Å². The molecule has 0 bridgehead atoms. The molecule has 0 saturated heterocycles. The number of nitrogens with two attached hydrogens (primary N) is 1. The number of ether oxygens (including phenoxy) is 1. The Morgan fingerprint density at radius 3 is 2.37 bits per heavy atom. The van der Waals surface area contributed by atoms with Gasteiger partial charge in [0.1, 0.15) is 22.9 Å². The fourth-order valence-electron chi connectivity index (χ4n) is 2.43. The Morgan fingerprint density at radius 1 is 1.04 bits per heavy atom. The van der Waals surface area contributed by atoms with Crippen LogP contribution in [0.15, 0.2) is 42.7 Å². The zero-order valence-electron chi connectivity index (χ0n) is 14.5. The minimum Gasteiger partial charge on any atom is -0.454 e. The lowest BCUT2D eigenvalue weighted by molar-refractivity contribution is 0.483. The molecule has 0 radical (unpaired) electrons. The maximum Gasteiger partial charge on any atom is 0.164 e. The lowest BCUT2D eigenvalue weighted by Crippen LogP contribution is -2.07. The topological polar surface area (TPSA) is 73.1 Å². The largest absolute Gasteiger partial charge is 0.454 e. The van der Waals surface area contributed by atoms with Gasteiger partial charge in [-0.2, -0.15) is 0 Å². The van der Waals surface area contributed by atoms with Crippen molar-refractivity contribution >= 4 is 46.3 Å². The van der Waals surface area contributed by atoms with Crippen molar-refractivity contribution in [1.29, 1.82) is 0 Å². The number of rotatable bonds is 6. The van der Waals surface area contributed by atoms with E-state index in [1.54, 1.807) is 12.1 Å². The van der Waals surface area contributed by atoms with Gasteiger partial charge >= 0.3 is 0 Å². The van der Waals surface area contributed by atoms with E-state index in [0.29, 0.717) is 44.6 Å². The molecule has 0 spiro atoms. The van der Waals surface area contributed by atoms with E-state index in [1.807, 2.05) is 31.2 Å². The highest BCUT2D eigenvalue weighted by Gasteiger charge is 2.10. The molecule has 8 heteroatoms. The number of hydrogen-bond acceptors (Lipinski definition) is 5. The highest BCUT2D eigenvalue weighted by molar-refractivity contribution is 6.37. The number of hydrogen-bond donors (Lipinski definition) is 2. The Hall–Kier alpha value is -2.21. The van der Waals surface area contributed by atoms with Gasteiger partial charge in [-0.3, -0.25) is 0 Å². The number of aromatic nitrogens is 2. The van der Waals surface area contributed by atoms with Crippen LogP contribution in [0, 0.1) is 6.92 Å². The van der Waals surface area contributed by atoms with Crippen molar-refractivity contribution in [3.63, 3.8) is 0 Å². The minimum atomic E-state index is 0.366. The maximum absolute atomic E-state index is 6.17. The van der Waals surface area contributed by atoms with Crippen LogP contribution in [0.3, 0.4) is 0 Å². The van der Waals surface area contributed by atoms with Crippen LogP contribution in [0.25, 0.3) is 0 Å². The molecule has 27 heavy (non-hydrogen) atoms. The number of aryl methyl sites for hydroxylation is 1. The second-order valence-corrected chi connectivity index (χ2v) is 7.05. The quantitative estimate of drug-likeness (QED) is 0.492. The Labute approximate surface area is 172 Å². The number of halogens is 3. The van der Waals surface area contributed by atoms with E-state index in [2.05, 4.69) is 15.3 Å². The molecule has 0 saturated carbocycles. The second-order valence-electron chi connectivity index (χ2n) is 5.86. The van der Waals surface area contributed by atoms with E-state index in [9.17, 15) is 0 Å². The van der Waals surface area contributed by atoms with E-state index in [1.165, 1.54) is 6.33 Å². The monoisotopic (exact) mass is 422 g/mol. The first-order chi connectivity index (χ1) is 12.9. The summed E-state index contributed by atoms with van der Waals surface area (Å²) in [6, 6.07) is 10.9. The van der Waals surface area contributed by atoms with Crippen LogP contribution < -0.4 is 15.8 Å². The molecular formula is C19H17Cl3N4O. The smallest absolute Gasteiger partial charge is 0.164 e. The number of benzene rings is 2. The van der Waals surface area contributed by atoms with Crippen LogP contribution in [0.1, 0.15) is 11.3 Å². The Bertz CT molecular complexity index is 925. The van der Waals surface area contributed by atoms with Gasteiger partial charge in [0.2, 0.25) is 0 Å². The van der Waals surface area contributed by atoms with Crippen LogP contribution in [0.5, 0.6) is 11.5 Å². The predicted octanol–water partition coefficient (Wildman–Crippen LogP) is 5.77. The van der Waals surface area contributed by atoms with Gasteiger partial charge in [0.15, 0.2) is 5.75 Å². The maximum atomic E-state index is 6.17. The van der Waals surface area contributed by atoms with E-state index < -0.39 is 0 Å². The average Bonchev–Trinajstić information content (AvgIpc) is 2.63. The first kappa shape index (κ1) is 19.5. The molecule has 0 fully saturated rings. The van der Waals surface area contributed by atoms with E-state index in [0.717, 1.165) is 17.7 Å². The molecule has 0 aliphatic carbocycles. The molecule has 140 valence electrons. The van der Waals surface area contributed by atoms with E-state index >= 15 is 0 Å². The number of nitrogens with one attached hydrogen (secondary N) is 1. The summed E-state index contributed by atoms with van der Waals surface area (Å²) in [4.78, 5) is 8.19. The minimum absolute atomic E-state index is 0.366. The summed E-state index contributed by atoms with van der Waals surface area (Å²) >= 11 is 18.5. The zero-order valence-corrected chi connectivity index (χ0v) is 16.7. The van der Waals surface area contributed by atoms with Crippen LogP contribution in [-0.2, 0) is 6.42 Å². The first-order valence-electron chi connectivity index (χ1n) is 8.16. The third-order valence-electron chi connectivity index (χ3n) is 3.83. The van der Waals surface area contributed by atoms with E-state index in [-0.39, 0.29) is 0 Å². The Kier molecular flexibility index (Phi) is 6.26. The van der Waals surface area contributed by atoms with Crippen molar-refractivity contribution in [3.8, 4) is 11.5 Å². The summed E-state index contributed by atoms with van der Waals surface area (Å²) in [5.41, 5.74) is 8.06. The molecule has 3 rings (SSSR count). The van der Waals surface area contributed by atoms with Crippen molar-refractivity contribution in [3.05, 3.63) is 69.1 Å². The fourth-order valence-corrected chi connectivity index (χ4v) is 3.17. The Morgan fingerprint density at radius 2 is 1.70 bits per heavy atom. The van der Waals surface area contributed by atoms with Crippen molar-refractivity contribution < 1.29 is 4.74 Å². The predicted molar refractivity (Wildman–Crippen MR) is 111 cm³/mol. The van der Waals surface area contributed by atoms with Gasteiger partial charge in [-0.25, -0.2) is 9.97 Å². The molecule has 3 aromatic rings. The fraction of sp³-hybridized carbons (Fsp3) is 0.158. The van der Waals surface area contributed by atoms with Crippen LogP contribution >= 0.6 is 34.8 Å². The van der Waals surface area contributed by atoms with Crippen molar-refractivity contribution in [2.45, 2.75) is 13.3 Å². The summed E-state index contributed by atoms with van der Waals surface area (Å²) in [6.45, 7) is 2.53. The second kappa shape index (κ2) is 8.65. The van der Waals surface area contributed by atoms with Crippen LogP contribution in [-0.4, -0.2) is 16.5 Å². The van der Waals surface area contributed by atoms with Gasteiger partial charge in [0.25, 0.3) is 0 Å². The lowest BCUT2D eigenvalue weighted by atomic mass is 10.1. The molecule has 0 amide bonds. The molecule has 5 nitrogen and oxygen atoms in total. The van der Waals surface area contributed by atoms with Crippen LogP contribution in [0.4, 0.5) is 11.5 Å². The average molecular weight is 424 g/mol. The molecule has 1 heterocycles. The molecule has 3 N–H and O–H groups in total. The molecular weight excluding hydrogens is 407 g/mol. The standard InChI is InChI=1S/C19H17Cl3N4O/c1-11-17(22)19(26-10-25-11)24-7-6-12-2-4-14(5-3-12)27-18-15(20)8-13(23)9-16(18)21/h2-5,8-10H,6-7,23H2,1H3,(H,24,25,26). The van der Waals surface area contributed by atoms with Crippen molar-refractivity contribution in [2.75, 3.05) is 17.6 Å². The lowest BCUT2D eigenvalue weighted by Gasteiger charge is -2.11. The summed E-state index contributed by atoms with van der Waals surface area (Å²) in [5.74, 6) is 1.65. The summed E-state index contributed by atoms with van der Waals surface area (Å²) in [6.07, 6.45) is 2.28. The zero-order chi connectivity index (χ0) is 19.4. The molecule has 1 aromatic heterocycles. The number of nitrogen functional groups attached to an aromatic ring is 1. The summed E-state index contributed by atoms with van der Waals surface area (Å²) in [5, 5.41) is 4.49. The number of nitrogens with zero attached hydrogens (tertiary/aromatic N) is 2. The Balaban J connectivity index is 1.60. The third-order valence-corrected chi connectivity index (χ3v) is 4.85. The van der Waals surface area contributed by atoms with Gasteiger partial charge in [-0.15, -0.1) is 0 Å². The highest BCUT2D eigenvalue weighted by Crippen LogP contribution is 2.38. The molecule has 2 aromatic carbocycles. The molecule has 0 atom stereocenters. The van der Waals surface area contributed by atoms with Crippen LogP contribution in [0.2, 0.25) is 15.1 Å².